The number of piperidine rings is 1. The van der Waals surface area contributed by atoms with E-state index in [-0.39, 0.29) is 23.7 Å². The standard InChI is InChI=1S/C25H31FN2O2/c26-22-11-9-20(10-12-22)18-24(21-6-2-1-3-7-21)25(29)28-13-5-4-8-23(28)19-27-14-16-30-17-15-27/h1-3,6-7,9-12,23-24H,4-5,8,13-19H2/t23-,24+/m0/s1. The third-order valence-corrected chi connectivity index (χ3v) is 6.34. The van der Waals surface area contributed by atoms with Gasteiger partial charge in [0, 0.05) is 32.2 Å². The number of benzene rings is 2. The van der Waals surface area contributed by atoms with Crippen LogP contribution in [0.4, 0.5) is 4.39 Å². The molecule has 0 N–H and O–H groups in total. The Balaban J connectivity index is 1.54. The molecule has 2 aromatic rings. The van der Waals surface area contributed by atoms with Gasteiger partial charge in [-0.1, -0.05) is 42.5 Å². The van der Waals surface area contributed by atoms with E-state index in [9.17, 15) is 9.18 Å². The van der Waals surface area contributed by atoms with Crippen molar-refractivity contribution in [2.24, 2.45) is 0 Å². The second-order valence-electron chi connectivity index (χ2n) is 8.39. The van der Waals surface area contributed by atoms with Crippen LogP contribution in [0.25, 0.3) is 0 Å². The van der Waals surface area contributed by atoms with Crippen LogP contribution in [0, 0.1) is 5.82 Å². The normalized spacial score (nSPS) is 21.4. The summed E-state index contributed by atoms with van der Waals surface area (Å²) in [5.41, 5.74) is 2.02. The molecule has 4 rings (SSSR count). The summed E-state index contributed by atoms with van der Waals surface area (Å²) in [5, 5.41) is 0. The summed E-state index contributed by atoms with van der Waals surface area (Å²) in [6.45, 7) is 5.18. The van der Waals surface area contributed by atoms with Crippen LogP contribution >= 0.6 is 0 Å². The van der Waals surface area contributed by atoms with E-state index in [0.717, 1.165) is 63.4 Å². The summed E-state index contributed by atoms with van der Waals surface area (Å²) in [4.78, 5) is 18.4. The van der Waals surface area contributed by atoms with Crippen LogP contribution in [0.2, 0.25) is 0 Å². The van der Waals surface area contributed by atoms with E-state index >= 15 is 0 Å². The minimum absolute atomic E-state index is 0.198. The first-order chi connectivity index (χ1) is 14.7. The minimum atomic E-state index is -0.248. The van der Waals surface area contributed by atoms with Crippen LogP contribution < -0.4 is 0 Å². The Morgan fingerprint density at radius 2 is 1.73 bits per heavy atom. The number of halogens is 1. The maximum Gasteiger partial charge on any atom is 0.230 e. The molecule has 160 valence electrons. The number of carbonyl (C=O) groups is 1. The fraction of sp³-hybridized carbons (Fsp3) is 0.480. The number of ether oxygens (including phenoxy) is 1. The van der Waals surface area contributed by atoms with Gasteiger partial charge in [-0.25, -0.2) is 4.39 Å². The first-order valence-corrected chi connectivity index (χ1v) is 11.1. The molecule has 2 saturated heterocycles. The van der Waals surface area contributed by atoms with Gasteiger partial charge >= 0.3 is 0 Å². The third kappa shape index (κ3) is 5.27. The number of rotatable bonds is 6. The van der Waals surface area contributed by atoms with Crippen molar-refractivity contribution in [2.45, 2.75) is 37.6 Å². The monoisotopic (exact) mass is 410 g/mol. The molecule has 0 aliphatic carbocycles. The SMILES string of the molecule is O=C([C@H](Cc1ccc(F)cc1)c1ccccc1)N1CCCC[C@H]1CN1CCOCC1. The molecule has 5 heteroatoms. The Bertz CT molecular complexity index is 806. The first-order valence-electron chi connectivity index (χ1n) is 11.1. The maximum absolute atomic E-state index is 13.8. The van der Waals surface area contributed by atoms with Gasteiger partial charge in [-0.15, -0.1) is 0 Å². The van der Waals surface area contributed by atoms with E-state index in [1.54, 1.807) is 12.1 Å². The molecule has 0 unspecified atom stereocenters. The third-order valence-electron chi connectivity index (χ3n) is 6.34. The number of morpholine rings is 1. The minimum Gasteiger partial charge on any atom is -0.379 e. The van der Waals surface area contributed by atoms with Gasteiger partial charge in [0.15, 0.2) is 0 Å². The quantitative estimate of drug-likeness (QED) is 0.725. The molecule has 2 aliphatic rings. The summed E-state index contributed by atoms with van der Waals surface area (Å²) >= 11 is 0. The number of carbonyl (C=O) groups excluding carboxylic acids is 1. The number of likely N-dealkylation sites (tertiary alicyclic amines) is 1. The van der Waals surface area contributed by atoms with E-state index in [0.29, 0.717) is 6.42 Å². The van der Waals surface area contributed by atoms with Crippen LogP contribution in [0.1, 0.15) is 36.3 Å². The molecule has 2 aliphatic heterocycles. The van der Waals surface area contributed by atoms with E-state index in [4.69, 9.17) is 4.74 Å². The average Bonchev–Trinajstić information content (AvgIpc) is 2.80. The van der Waals surface area contributed by atoms with Crippen molar-refractivity contribution >= 4 is 5.91 Å². The van der Waals surface area contributed by atoms with Gasteiger partial charge in [0.1, 0.15) is 5.82 Å². The molecule has 30 heavy (non-hydrogen) atoms. The summed E-state index contributed by atoms with van der Waals surface area (Å²) in [6, 6.07) is 16.8. The number of hydrogen-bond acceptors (Lipinski definition) is 3. The fourth-order valence-electron chi connectivity index (χ4n) is 4.65. The van der Waals surface area contributed by atoms with Crippen molar-refractivity contribution in [3.8, 4) is 0 Å². The molecule has 2 atom stereocenters. The number of nitrogens with zero attached hydrogens (tertiary/aromatic N) is 2. The molecule has 2 heterocycles. The lowest BCUT2D eigenvalue weighted by Gasteiger charge is -2.41. The van der Waals surface area contributed by atoms with Gasteiger partial charge < -0.3 is 9.64 Å². The van der Waals surface area contributed by atoms with Crippen molar-refractivity contribution < 1.29 is 13.9 Å². The molecular weight excluding hydrogens is 379 g/mol. The maximum atomic E-state index is 13.8. The van der Waals surface area contributed by atoms with Gasteiger partial charge in [0.25, 0.3) is 0 Å². The van der Waals surface area contributed by atoms with E-state index in [1.165, 1.54) is 18.6 Å². The highest BCUT2D eigenvalue weighted by Gasteiger charge is 2.33. The van der Waals surface area contributed by atoms with Gasteiger partial charge in [0.2, 0.25) is 5.91 Å². The van der Waals surface area contributed by atoms with Crippen LogP contribution in [-0.2, 0) is 16.0 Å². The van der Waals surface area contributed by atoms with Gasteiger partial charge in [-0.3, -0.25) is 9.69 Å². The topological polar surface area (TPSA) is 32.8 Å². The number of amides is 1. The van der Waals surface area contributed by atoms with Crippen LogP contribution in [0.5, 0.6) is 0 Å². The van der Waals surface area contributed by atoms with Crippen molar-refractivity contribution in [2.75, 3.05) is 39.4 Å². The molecule has 2 aromatic carbocycles. The molecule has 0 bridgehead atoms. The van der Waals surface area contributed by atoms with E-state index in [2.05, 4.69) is 9.80 Å². The van der Waals surface area contributed by atoms with E-state index in [1.807, 2.05) is 30.3 Å². The Morgan fingerprint density at radius 1 is 1.00 bits per heavy atom. The number of hydrogen-bond donors (Lipinski definition) is 0. The molecular formula is C25H31FN2O2. The lowest BCUT2D eigenvalue weighted by Crippen LogP contribution is -2.52. The molecule has 2 fully saturated rings. The van der Waals surface area contributed by atoms with Crippen LogP contribution in [-0.4, -0.2) is 61.1 Å². The summed E-state index contributed by atoms with van der Waals surface area (Å²) < 4.78 is 18.9. The smallest absolute Gasteiger partial charge is 0.230 e. The Morgan fingerprint density at radius 3 is 2.47 bits per heavy atom. The largest absolute Gasteiger partial charge is 0.379 e. The van der Waals surface area contributed by atoms with Crippen LogP contribution in [0.3, 0.4) is 0 Å². The second kappa shape index (κ2) is 10.2. The highest BCUT2D eigenvalue weighted by molar-refractivity contribution is 5.84. The summed E-state index contributed by atoms with van der Waals surface area (Å²) in [6.07, 6.45) is 3.88. The Kier molecular flexibility index (Phi) is 7.13. The first kappa shape index (κ1) is 21.0. The Hall–Kier alpha value is -2.24. The van der Waals surface area contributed by atoms with Crippen molar-refractivity contribution in [3.63, 3.8) is 0 Å². The predicted octanol–water partition coefficient (Wildman–Crippen LogP) is 3.87. The van der Waals surface area contributed by atoms with Gasteiger partial charge in [-0.2, -0.15) is 0 Å². The highest BCUT2D eigenvalue weighted by atomic mass is 19.1. The van der Waals surface area contributed by atoms with Crippen molar-refractivity contribution in [1.82, 2.24) is 9.80 Å². The summed E-state index contributed by atoms with van der Waals surface area (Å²) in [7, 11) is 0. The van der Waals surface area contributed by atoms with E-state index < -0.39 is 0 Å². The highest BCUT2D eigenvalue weighted by Crippen LogP contribution is 2.28. The van der Waals surface area contributed by atoms with Crippen LogP contribution in [0.15, 0.2) is 54.6 Å². The Labute approximate surface area is 178 Å². The molecule has 0 saturated carbocycles. The average molecular weight is 411 g/mol. The molecule has 1 amide bonds. The lowest BCUT2D eigenvalue weighted by molar-refractivity contribution is -0.137. The van der Waals surface area contributed by atoms with Crippen molar-refractivity contribution in [1.29, 1.82) is 0 Å². The molecule has 4 nitrogen and oxygen atoms in total. The zero-order valence-corrected chi connectivity index (χ0v) is 17.5. The summed E-state index contributed by atoms with van der Waals surface area (Å²) in [5.74, 6) is -0.298. The van der Waals surface area contributed by atoms with Gasteiger partial charge in [0.05, 0.1) is 19.1 Å². The van der Waals surface area contributed by atoms with Crippen molar-refractivity contribution in [3.05, 3.63) is 71.5 Å². The zero-order chi connectivity index (χ0) is 20.8. The second-order valence-corrected chi connectivity index (χ2v) is 8.39. The predicted molar refractivity (Wildman–Crippen MR) is 116 cm³/mol. The fourth-order valence-corrected chi connectivity index (χ4v) is 4.65. The molecule has 0 radical (unpaired) electrons. The molecule has 0 spiro atoms. The lowest BCUT2D eigenvalue weighted by atomic mass is 9.89. The zero-order valence-electron chi connectivity index (χ0n) is 17.5. The van der Waals surface area contributed by atoms with Gasteiger partial charge in [-0.05, 0) is 48.9 Å². The molecule has 0 aromatic heterocycles.